The number of hydrogen-bond donors (Lipinski definition) is 1. The van der Waals surface area contributed by atoms with Crippen LogP contribution in [0.25, 0.3) is 5.69 Å². The molecule has 0 aliphatic heterocycles. The summed E-state index contributed by atoms with van der Waals surface area (Å²) in [5, 5.41) is 2.97. The minimum absolute atomic E-state index is 0.192. The van der Waals surface area contributed by atoms with Crippen LogP contribution in [0.2, 0.25) is 0 Å². The topological polar surface area (TPSA) is 65.3 Å². The van der Waals surface area contributed by atoms with Crippen molar-refractivity contribution in [3.05, 3.63) is 46.4 Å². The van der Waals surface area contributed by atoms with Gasteiger partial charge in [0.1, 0.15) is 11.7 Å². The first kappa shape index (κ1) is 15.9. The zero-order valence-electron chi connectivity index (χ0n) is 13.3. The fourth-order valence-electron chi connectivity index (χ4n) is 2.28. The molecule has 6 nitrogen and oxygen atoms in total. The third-order valence-corrected chi connectivity index (χ3v) is 3.56. The highest BCUT2D eigenvalue weighted by atomic mass is 16.5. The zero-order chi connectivity index (χ0) is 16.3. The molecule has 2 aromatic rings. The van der Waals surface area contributed by atoms with E-state index in [9.17, 15) is 9.59 Å². The molecular formula is C16H21N3O3. The van der Waals surface area contributed by atoms with E-state index in [1.165, 1.54) is 0 Å². The summed E-state index contributed by atoms with van der Waals surface area (Å²) in [6.07, 6.45) is 0. The second-order valence-electron chi connectivity index (χ2n) is 5.05. The number of para-hydroxylation sites is 1. The maximum Gasteiger partial charge on any atom is 0.328 e. The molecule has 22 heavy (non-hydrogen) atoms. The largest absolute Gasteiger partial charge is 0.464 e. The number of benzene rings is 1. The summed E-state index contributed by atoms with van der Waals surface area (Å²) in [5.74, 6) is -0.378. The van der Waals surface area contributed by atoms with E-state index in [1.807, 2.05) is 44.3 Å². The Labute approximate surface area is 129 Å². The summed E-state index contributed by atoms with van der Waals surface area (Å²) in [4.78, 5) is 24.4. The molecule has 0 bridgehead atoms. The number of carbonyl (C=O) groups is 1. The van der Waals surface area contributed by atoms with Gasteiger partial charge in [-0.25, -0.2) is 9.48 Å². The van der Waals surface area contributed by atoms with E-state index < -0.39 is 6.04 Å². The van der Waals surface area contributed by atoms with Gasteiger partial charge in [0, 0.05) is 7.05 Å². The van der Waals surface area contributed by atoms with Gasteiger partial charge < -0.3 is 10.1 Å². The van der Waals surface area contributed by atoms with Gasteiger partial charge in [0.15, 0.2) is 0 Å². The number of anilines is 1. The second-order valence-corrected chi connectivity index (χ2v) is 5.05. The third-order valence-electron chi connectivity index (χ3n) is 3.56. The van der Waals surface area contributed by atoms with Crippen molar-refractivity contribution in [1.29, 1.82) is 0 Å². The molecule has 0 saturated heterocycles. The molecule has 1 heterocycles. The Hall–Kier alpha value is -2.50. The van der Waals surface area contributed by atoms with Gasteiger partial charge in [-0.3, -0.25) is 9.48 Å². The number of esters is 1. The molecular weight excluding hydrogens is 282 g/mol. The fraction of sp³-hybridized carbons (Fsp3) is 0.375. The summed E-state index contributed by atoms with van der Waals surface area (Å²) in [6, 6.07) is 8.78. The first-order valence-corrected chi connectivity index (χ1v) is 7.24. The zero-order valence-corrected chi connectivity index (χ0v) is 13.3. The highest BCUT2D eigenvalue weighted by Crippen LogP contribution is 2.15. The standard InChI is InChI=1S/C16H21N3O3/c1-5-22-16(21)11(2)17-14-12(3)18(4)19(15(14)20)13-9-7-6-8-10-13/h6-11,17H,5H2,1-4H3. The predicted molar refractivity (Wildman–Crippen MR) is 85.5 cm³/mol. The number of ether oxygens (including phenoxy) is 1. The van der Waals surface area contributed by atoms with Gasteiger partial charge in [-0.2, -0.15) is 0 Å². The van der Waals surface area contributed by atoms with Crippen molar-refractivity contribution in [1.82, 2.24) is 9.36 Å². The van der Waals surface area contributed by atoms with Gasteiger partial charge >= 0.3 is 5.97 Å². The monoisotopic (exact) mass is 303 g/mol. The van der Waals surface area contributed by atoms with Gasteiger partial charge in [0.2, 0.25) is 0 Å². The highest BCUT2D eigenvalue weighted by Gasteiger charge is 2.21. The van der Waals surface area contributed by atoms with Crippen LogP contribution in [0.1, 0.15) is 19.5 Å². The lowest BCUT2D eigenvalue weighted by molar-refractivity contribution is -0.143. The summed E-state index contributed by atoms with van der Waals surface area (Å²) in [6.45, 7) is 5.57. The molecule has 1 atom stereocenters. The van der Waals surface area contributed by atoms with Crippen LogP contribution < -0.4 is 10.9 Å². The van der Waals surface area contributed by atoms with Gasteiger partial charge in [0.05, 0.1) is 18.0 Å². The average Bonchev–Trinajstić information content (AvgIpc) is 2.72. The van der Waals surface area contributed by atoms with Crippen molar-refractivity contribution >= 4 is 11.7 Å². The Kier molecular flexibility index (Phi) is 4.70. The molecule has 118 valence electrons. The van der Waals surface area contributed by atoms with Crippen LogP contribution in [0.5, 0.6) is 0 Å². The highest BCUT2D eigenvalue weighted by molar-refractivity contribution is 5.79. The maximum absolute atomic E-state index is 12.7. The van der Waals surface area contributed by atoms with Crippen molar-refractivity contribution in [2.75, 3.05) is 11.9 Å². The normalized spacial score (nSPS) is 12.0. The van der Waals surface area contributed by atoms with Gasteiger partial charge in [-0.15, -0.1) is 0 Å². The Morgan fingerprint density at radius 2 is 1.95 bits per heavy atom. The Bertz CT molecular complexity index is 716. The van der Waals surface area contributed by atoms with Crippen molar-refractivity contribution < 1.29 is 9.53 Å². The first-order chi connectivity index (χ1) is 10.5. The summed E-state index contributed by atoms with van der Waals surface area (Å²) >= 11 is 0. The first-order valence-electron chi connectivity index (χ1n) is 7.24. The van der Waals surface area contributed by atoms with E-state index in [-0.39, 0.29) is 11.5 Å². The van der Waals surface area contributed by atoms with E-state index in [0.717, 1.165) is 11.4 Å². The van der Waals surface area contributed by atoms with Crippen LogP contribution in [-0.2, 0) is 16.6 Å². The summed E-state index contributed by atoms with van der Waals surface area (Å²) in [7, 11) is 1.81. The van der Waals surface area contributed by atoms with Crippen molar-refractivity contribution in [3.8, 4) is 5.69 Å². The van der Waals surface area contributed by atoms with Crippen LogP contribution in [0, 0.1) is 6.92 Å². The van der Waals surface area contributed by atoms with Crippen LogP contribution in [0.4, 0.5) is 5.69 Å². The number of aromatic nitrogens is 2. The maximum atomic E-state index is 12.7. The number of carbonyl (C=O) groups excluding carboxylic acids is 1. The van der Waals surface area contributed by atoms with Gasteiger partial charge in [0.25, 0.3) is 5.56 Å². The molecule has 1 N–H and O–H groups in total. The fourth-order valence-corrected chi connectivity index (χ4v) is 2.28. The Morgan fingerprint density at radius 1 is 1.32 bits per heavy atom. The third kappa shape index (κ3) is 2.90. The summed E-state index contributed by atoms with van der Waals surface area (Å²) in [5.41, 5.74) is 1.74. The SMILES string of the molecule is CCOC(=O)C(C)Nc1c(C)n(C)n(-c2ccccc2)c1=O. The van der Waals surface area contributed by atoms with Crippen LogP contribution >= 0.6 is 0 Å². The van der Waals surface area contributed by atoms with Crippen LogP contribution in [-0.4, -0.2) is 28.0 Å². The molecule has 0 fully saturated rings. The van der Waals surface area contributed by atoms with E-state index in [0.29, 0.717) is 12.3 Å². The van der Waals surface area contributed by atoms with Crippen molar-refractivity contribution in [2.45, 2.75) is 26.8 Å². The van der Waals surface area contributed by atoms with E-state index in [2.05, 4.69) is 5.32 Å². The molecule has 6 heteroatoms. The molecule has 1 aromatic carbocycles. The molecule has 0 aliphatic carbocycles. The van der Waals surface area contributed by atoms with E-state index in [4.69, 9.17) is 4.74 Å². The number of nitrogens with one attached hydrogen (secondary N) is 1. The number of nitrogens with zero attached hydrogens (tertiary/aromatic N) is 2. The Morgan fingerprint density at radius 3 is 2.55 bits per heavy atom. The molecule has 1 unspecified atom stereocenters. The molecule has 0 amide bonds. The Balaban J connectivity index is 2.39. The van der Waals surface area contributed by atoms with E-state index in [1.54, 1.807) is 23.2 Å². The molecule has 1 aromatic heterocycles. The smallest absolute Gasteiger partial charge is 0.328 e. The number of hydrogen-bond acceptors (Lipinski definition) is 4. The molecule has 0 aliphatic rings. The second kappa shape index (κ2) is 6.51. The van der Waals surface area contributed by atoms with Gasteiger partial charge in [-0.05, 0) is 32.9 Å². The average molecular weight is 303 g/mol. The van der Waals surface area contributed by atoms with E-state index >= 15 is 0 Å². The van der Waals surface area contributed by atoms with Gasteiger partial charge in [-0.1, -0.05) is 18.2 Å². The van der Waals surface area contributed by atoms with Crippen LogP contribution in [0.15, 0.2) is 35.1 Å². The number of rotatable bonds is 5. The van der Waals surface area contributed by atoms with Crippen molar-refractivity contribution in [2.24, 2.45) is 7.05 Å². The van der Waals surface area contributed by atoms with Crippen LogP contribution in [0.3, 0.4) is 0 Å². The van der Waals surface area contributed by atoms with Crippen molar-refractivity contribution in [3.63, 3.8) is 0 Å². The molecule has 0 radical (unpaired) electrons. The lowest BCUT2D eigenvalue weighted by Gasteiger charge is -2.12. The quantitative estimate of drug-likeness (QED) is 0.856. The molecule has 0 spiro atoms. The lowest BCUT2D eigenvalue weighted by atomic mass is 10.3. The molecule has 2 rings (SSSR count). The lowest BCUT2D eigenvalue weighted by Crippen LogP contribution is -2.31. The summed E-state index contributed by atoms with van der Waals surface area (Å²) < 4.78 is 8.29. The predicted octanol–water partition coefficient (Wildman–Crippen LogP) is 1.85. The minimum Gasteiger partial charge on any atom is -0.464 e. The molecule has 0 saturated carbocycles. The minimum atomic E-state index is -0.585.